The van der Waals surface area contributed by atoms with E-state index in [1.165, 1.54) is 11.3 Å². The molecule has 0 spiro atoms. The van der Waals surface area contributed by atoms with E-state index in [9.17, 15) is 4.79 Å². The monoisotopic (exact) mass is 309 g/mol. The first-order valence-electron chi connectivity index (χ1n) is 7.82. The van der Waals surface area contributed by atoms with Gasteiger partial charge in [0.1, 0.15) is 0 Å². The molecule has 0 radical (unpaired) electrons. The second kappa shape index (κ2) is 5.28. The molecule has 2 heterocycles. The molecule has 1 unspecified atom stereocenters. The predicted molar refractivity (Wildman–Crippen MR) is 89.1 cm³/mol. The Morgan fingerprint density at radius 1 is 0.957 bits per heavy atom. The van der Waals surface area contributed by atoms with Crippen LogP contribution in [0, 0.1) is 6.92 Å². The molecule has 2 saturated heterocycles. The minimum atomic E-state index is -0.479. The lowest BCUT2D eigenvalue weighted by molar-refractivity contribution is 0.0706. The Labute approximate surface area is 135 Å². The van der Waals surface area contributed by atoms with Crippen LogP contribution in [0.25, 0.3) is 0 Å². The van der Waals surface area contributed by atoms with E-state index in [0.29, 0.717) is 17.6 Å². The van der Waals surface area contributed by atoms with E-state index in [1.807, 2.05) is 12.1 Å². The van der Waals surface area contributed by atoms with E-state index in [0.717, 1.165) is 18.8 Å². The molecule has 2 aliphatic heterocycles. The van der Waals surface area contributed by atoms with Gasteiger partial charge in [0.2, 0.25) is 0 Å². The van der Waals surface area contributed by atoms with Gasteiger partial charge in [-0.1, -0.05) is 17.7 Å². The summed E-state index contributed by atoms with van der Waals surface area (Å²) >= 11 is 0. The highest BCUT2D eigenvalue weighted by atomic mass is 16.5. The number of fused-ring (bicyclic) bond motifs is 1. The van der Waals surface area contributed by atoms with Crippen molar-refractivity contribution in [3.8, 4) is 0 Å². The molecule has 0 saturated carbocycles. The molecule has 0 aromatic heterocycles. The molecule has 4 rings (SSSR count). The lowest BCUT2D eigenvalue weighted by Gasteiger charge is -2.63. The van der Waals surface area contributed by atoms with Gasteiger partial charge in [0.15, 0.2) is 0 Å². The maximum absolute atomic E-state index is 11.3. The van der Waals surface area contributed by atoms with Crippen LogP contribution in [0.2, 0.25) is 0 Å². The summed E-state index contributed by atoms with van der Waals surface area (Å²) in [5.41, 5.74) is 5.83. The van der Waals surface area contributed by atoms with Crippen molar-refractivity contribution in [1.82, 2.24) is 5.48 Å². The summed E-state index contributed by atoms with van der Waals surface area (Å²) in [6.45, 7) is 4.14. The summed E-state index contributed by atoms with van der Waals surface area (Å²) in [6.07, 6.45) is 0. The Morgan fingerprint density at radius 2 is 1.43 bits per heavy atom. The van der Waals surface area contributed by atoms with Gasteiger partial charge < -0.3 is 9.80 Å². The van der Waals surface area contributed by atoms with Crippen molar-refractivity contribution in [1.29, 1.82) is 0 Å². The third kappa shape index (κ3) is 2.24. The molecular weight excluding hydrogens is 290 g/mol. The Kier molecular flexibility index (Phi) is 3.23. The molecule has 23 heavy (non-hydrogen) atoms. The van der Waals surface area contributed by atoms with E-state index < -0.39 is 5.91 Å². The highest BCUT2D eigenvalue weighted by Crippen LogP contribution is 2.40. The zero-order valence-corrected chi connectivity index (χ0v) is 12.9. The lowest BCUT2D eigenvalue weighted by Crippen LogP contribution is -2.79. The number of aryl methyl sites for hydroxylation is 1. The SMILES string of the molecule is Cc1ccc(N2C[C@@H]3C2CN3c2ccc(C(=O)NO)cc2)cc1. The summed E-state index contributed by atoms with van der Waals surface area (Å²) in [6, 6.07) is 17.2. The standard InChI is InChI=1S/C18H19N3O2/c1-12-2-6-14(7-3-12)20-10-17-16(20)11-21(17)15-8-4-13(5-9-15)18(22)19-23/h2-9,16-17,23H,10-11H2,1H3,(H,19,22)/t16?,17-/m1/s1. The normalized spacial score (nSPS) is 22.0. The number of hydrogen-bond donors (Lipinski definition) is 2. The summed E-state index contributed by atoms with van der Waals surface area (Å²) < 4.78 is 0. The molecule has 5 heteroatoms. The van der Waals surface area contributed by atoms with Crippen molar-refractivity contribution in [3.05, 3.63) is 59.7 Å². The van der Waals surface area contributed by atoms with Crippen molar-refractivity contribution in [2.45, 2.75) is 19.0 Å². The highest BCUT2D eigenvalue weighted by molar-refractivity contribution is 5.93. The van der Waals surface area contributed by atoms with E-state index in [-0.39, 0.29) is 0 Å². The summed E-state index contributed by atoms with van der Waals surface area (Å²) in [5.74, 6) is -0.479. The topological polar surface area (TPSA) is 55.8 Å². The number of nitrogens with zero attached hydrogens (tertiary/aromatic N) is 2. The van der Waals surface area contributed by atoms with Crippen molar-refractivity contribution in [3.63, 3.8) is 0 Å². The average molecular weight is 309 g/mol. The Bertz CT molecular complexity index is 727. The maximum Gasteiger partial charge on any atom is 0.274 e. The van der Waals surface area contributed by atoms with Crippen LogP contribution in [0.15, 0.2) is 48.5 Å². The first-order valence-corrected chi connectivity index (χ1v) is 7.82. The molecule has 118 valence electrons. The fourth-order valence-electron chi connectivity index (χ4n) is 3.45. The lowest BCUT2D eigenvalue weighted by atomic mass is 9.84. The number of amides is 1. The third-order valence-electron chi connectivity index (χ3n) is 4.94. The minimum absolute atomic E-state index is 0.461. The molecular formula is C18H19N3O2. The van der Waals surface area contributed by atoms with E-state index in [4.69, 9.17) is 5.21 Å². The van der Waals surface area contributed by atoms with Gasteiger partial charge in [0.05, 0.1) is 12.1 Å². The number of benzene rings is 2. The second-order valence-electron chi connectivity index (χ2n) is 6.26. The maximum atomic E-state index is 11.3. The first-order chi connectivity index (χ1) is 11.2. The quantitative estimate of drug-likeness (QED) is 0.674. The molecule has 1 amide bonds. The molecule has 2 aromatic rings. The molecule has 2 fully saturated rings. The number of nitrogens with one attached hydrogen (secondary N) is 1. The summed E-state index contributed by atoms with van der Waals surface area (Å²) in [5, 5.41) is 8.65. The van der Waals surface area contributed by atoms with E-state index in [1.54, 1.807) is 17.6 Å². The highest BCUT2D eigenvalue weighted by Gasteiger charge is 2.51. The van der Waals surface area contributed by atoms with Crippen LogP contribution in [0.5, 0.6) is 0 Å². The van der Waals surface area contributed by atoms with Crippen LogP contribution >= 0.6 is 0 Å². The third-order valence-corrected chi connectivity index (χ3v) is 4.94. The van der Waals surface area contributed by atoms with Crippen LogP contribution in [0.4, 0.5) is 11.4 Å². The smallest absolute Gasteiger partial charge is 0.274 e. The Hall–Kier alpha value is -2.53. The summed E-state index contributed by atoms with van der Waals surface area (Å²) in [4.78, 5) is 16.2. The van der Waals surface area contributed by atoms with Gasteiger partial charge >= 0.3 is 0 Å². The summed E-state index contributed by atoms with van der Waals surface area (Å²) in [7, 11) is 0. The van der Waals surface area contributed by atoms with E-state index in [2.05, 4.69) is 41.0 Å². The molecule has 0 aliphatic carbocycles. The van der Waals surface area contributed by atoms with Crippen molar-refractivity contribution in [2.75, 3.05) is 22.9 Å². The van der Waals surface area contributed by atoms with Crippen molar-refractivity contribution >= 4 is 17.3 Å². The van der Waals surface area contributed by atoms with Gasteiger partial charge in [-0.15, -0.1) is 0 Å². The fourth-order valence-corrected chi connectivity index (χ4v) is 3.45. The van der Waals surface area contributed by atoms with Crippen molar-refractivity contribution < 1.29 is 10.0 Å². The Morgan fingerprint density at radius 3 is 1.87 bits per heavy atom. The van der Waals surface area contributed by atoms with Gasteiger partial charge in [-0.25, -0.2) is 5.48 Å². The van der Waals surface area contributed by atoms with Crippen LogP contribution in [0.1, 0.15) is 15.9 Å². The zero-order valence-electron chi connectivity index (χ0n) is 12.9. The van der Waals surface area contributed by atoms with Gasteiger partial charge in [0.25, 0.3) is 5.91 Å². The van der Waals surface area contributed by atoms with Crippen LogP contribution in [-0.4, -0.2) is 36.3 Å². The van der Waals surface area contributed by atoms with E-state index >= 15 is 0 Å². The van der Waals surface area contributed by atoms with Crippen LogP contribution in [-0.2, 0) is 0 Å². The number of piperazine rings is 1. The van der Waals surface area contributed by atoms with Gasteiger partial charge in [-0.3, -0.25) is 10.0 Å². The van der Waals surface area contributed by atoms with Gasteiger partial charge in [-0.05, 0) is 43.3 Å². The van der Waals surface area contributed by atoms with Gasteiger partial charge in [-0.2, -0.15) is 0 Å². The zero-order chi connectivity index (χ0) is 16.0. The number of anilines is 2. The van der Waals surface area contributed by atoms with Crippen molar-refractivity contribution in [2.24, 2.45) is 0 Å². The fraction of sp³-hybridized carbons (Fsp3) is 0.278. The molecule has 2 aromatic carbocycles. The molecule has 0 bridgehead atoms. The number of carbonyl (C=O) groups is 1. The minimum Gasteiger partial charge on any atom is -0.362 e. The number of hydrogen-bond acceptors (Lipinski definition) is 4. The Balaban J connectivity index is 1.42. The van der Waals surface area contributed by atoms with Crippen LogP contribution < -0.4 is 15.3 Å². The van der Waals surface area contributed by atoms with Gasteiger partial charge in [0, 0.05) is 30.0 Å². The number of rotatable bonds is 3. The molecule has 5 nitrogen and oxygen atoms in total. The number of carbonyl (C=O) groups excluding carboxylic acids is 1. The predicted octanol–water partition coefficient (Wildman–Crippen LogP) is 2.19. The average Bonchev–Trinajstić information content (AvgIpc) is 2.57. The molecule has 2 aliphatic rings. The molecule has 2 atom stereocenters. The largest absolute Gasteiger partial charge is 0.362 e. The second-order valence-corrected chi connectivity index (χ2v) is 6.26. The van der Waals surface area contributed by atoms with Crippen LogP contribution in [0.3, 0.4) is 0 Å². The number of hydroxylamine groups is 1. The molecule has 2 N–H and O–H groups in total. The first kappa shape index (κ1) is 14.1.